The highest BCUT2D eigenvalue weighted by molar-refractivity contribution is 5.62. The Morgan fingerprint density at radius 1 is 1.06 bits per heavy atom. The molecular formula is C29H33F2N3O. The normalized spacial score (nSPS) is 25.0. The molecule has 6 heteroatoms. The van der Waals surface area contributed by atoms with Crippen LogP contribution in [0.3, 0.4) is 0 Å². The molecule has 0 saturated carbocycles. The van der Waals surface area contributed by atoms with Crippen molar-refractivity contribution in [1.82, 2.24) is 15.1 Å². The van der Waals surface area contributed by atoms with Crippen LogP contribution >= 0.6 is 0 Å². The molecule has 0 unspecified atom stereocenters. The highest BCUT2D eigenvalue weighted by Gasteiger charge is 2.50. The number of nitrogens with zero attached hydrogens (tertiary/aromatic N) is 3. The van der Waals surface area contributed by atoms with Crippen LogP contribution in [0.5, 0.6) is 0 Å². The van der Waals surface area contributed by atoms with Gasteiger partial charge in [0.1, 0.15) is 11.6 Å². The molecule has 0 N–H and O–H groups in total. The van der Waals surface area contributed by atoms with E-state index in [0.29, 0.717) is 6.61 Å². The molecule has 35 heavy (non-hydrogen) atoms. The summed E-state index contributed by atoms with van der Waals surface area (Å²) in [7, 11) is 0. The lowest BCUT2D eigenvalue weighted by atomic mass is 9.60. The van der Waals surface area contributed by atoms with Crippen LogP contribution in [0.2, 0.25) is 0 Å². The molecule has 0 radical (unpaired) electrons. The molecular weight excluding hydrogens is 444 g/mol. The molecule has 5 rings (SSSR count). The van der Waals surface area contributed by atoms with Gasteiger partial charge >= 0.3 is 0 Å². The highest BCUT2D eigenvalue weighted by Crippen LogP contribution is 2.50. The quantitative estimate of drug-likeness (QED) is 0.444. The molecule has 1 aliphatic heterocycles. The number of fused-ring (bicyclic) bond motifs is 1. The molecule has 3 aromatic rings. The fourth-order valence-electron chi connectivity index (χ4n) is 5.98. The van der Waals surface area contributed by atoms with Crippen LogP contribution in [-0.2, 0) is 16.7 Å². The van der Waals surface area contributed by atoms with Crippen LogP contribution in [0.15, 0.2) is 54.6 Å². The lowest BCUT2D eigenvalue weighted by Gasteiger charge is -2.50. The van der Waals surface area contributed by atoms with Crippen molar-refractivity contribution in [2.75, 3.05) is 19.7 Å². The van der Waals surface area contributed by atoms with E-state index in [1.807, 2.05) is 12.1 Å². The maximum absolute atomic E-state index is 14.5. The third-order valence-corrected chi connectivity index (χ3v) is 8.01. The van der Waals surface area contributed by atoms with Gasteiger partial charge in [0.2, 0.25) is 0 Å². The summed E-state index contributed by atoms with van der Waals surface area (Å²) in [6.07, 6.45) is 1.89. The third-order valence-electron chi connectivity index (χ3n) is 8.01. The van der Waals surface area contributed by atoms with Gasteiger partial charge in [0.05, 0.1) is 29.7 Å². The number of halogens is 2. The molecule has 0 amide bonds. The van der Waals surface area contributed by atoms with Crippen molar-refractivity contribution in [2.24, 2.45) is 5.92 Å². The Hall–Kier alpha value is -2.70. The number of hydrogen-bond donors (Lipinski definition) is 0. The lowest BCUT2D eigenvalue weighted by molar-refractivity contribution is -0.0907. The van der Waals surface area contributed by atoms with Gasteiger partial charge in [-0.05, 0) is 54.0 Å². The van der Waals surface area contributed by atoms with E-state index < -0.39 is 11.6 Å². The minimum atomic E-state index is -0.620. The van der Waals surface area contributed by atoms with E-state index >= 15 is 0 Å². The Balaban J connectivity index is 1.52. The van der Waals surface area contributed by atoms with Gasteiger partial charge in [-0.25, -0.2) is 8.78 Å². The van der Waals surface area contributed by atoms with Crippen LogP contribution < -0.4 is 0 Å². The Kier molecular flexibility index (Phi) is 6.69. The van der Waals surface area contributed by atoms with Crippen molar-refractivity contribution in [2.45, 2.75) is 57.6 Å². The van der Waals surface area contributed by atoms with Crippen molar-refractivity contribution in [3.8, 4) is 11.3 Å². The van der Waals surface area contributed by atoms with Crippen LogP contribution in [0.25, 0.3) is 11.3 Å². The zero-order valence-corrected chi connectivity index (χ0v) is 20.7. The van der Waals surface area contributed by atoms with Crippen molar-refractivity contribution in [3.05, 3.63) is 83.1 Å². The minimum Gasteiger partial charge on any atom is -0.375 e. The SMILES string of the molecule is CC(C)[C@]1([C@@H]2CN(Cc3ccccc3)CCO2)CC[C@H](C)c2cc(-c3c(F)cccc3F)nnc21. The van der Waals surface area contributed by atoms with E-state index in [1.54, 1.807) is 0 Å². The summed E-state index contributed by atoms with van der Waals surface area (Å²) in [4.78, 5) is 2.46. The first-order chi connectivity index (χ1) is 16.9. The fraction of sp³-hybridized carbons (Fsp3) is 0.448. The number of rotatable bonds is 5. The molecule has 1 aliphatic carbocycles. The highest BCUT2D eigenvalue weighted by atomic mass is 19.1. The fourth-order valence-corrected chi connectivity index (χ4v) is 5.98. The van der Waals surface area contributed by atoms with Gasteiger partial charge in [0.15, 0.2) is 0 Å². The summed E-state index contributed by atoms with van der Waals surface area (Å²) < 4.78 is 35.5. The monoisotopic (exact) mass is 477 g/mol. The van der Waals surface area contributed by atoms with E-state index in [2.05, 4.69) is 55.0 Å². The molecule has 0 spiro atoms. The van der Waals surface area contributed by atoms with E-state index in [9.17, 15) is 8.78 Å². The maximum Gasteiger partial charge on any atom is 0.135 e. The van der Waals surface area contributed by atoms with E-state index in [1.165, 1.54) is 23.8 Å². The first-order valence-corrected chi connectivity index (χ1v) is 12.6. The summed E-state index contributed by atoms with van der Waals surface area (Å²) in [5, 5.41) is 9.08. The second-order valence-corrected chi connectivity index (χ2v) is 10.3. The topological polar surface area (TPSA) is 38.2 Å². The van der Waals surface area contributed by atoms with Gasteiger partial charge in [0.25, 0.3) is 0 Å². The van der Waals surface area contributed by atoms with Gasteiger partial charge in [0, 0.05) is 25.0 Å². The van der Waals surface area contributed by atoms with Gasteiger partial charge in [-0.3, -0.25) is 4.90 Å². The molecule has 3 atom stereocenters. The maximum atomic E-state index is 14.5. The third kappa shape index (κ3) is 4.38. The summed E-state index contributed by atoms with van der Waals surface area (Å²) in [5.74, 6) is -0.749. The molecule has 1 aromatic heterocycles. The van der Waals surface area contributed by atoms with Crippen LogP contribution in [0.4, 0.5) is 8.78 Å². The summed E-state index contributed by atoms with van der Waals surface area (Å²) >= 11 is 0. The number of morpholine rings is 1. The lowest BCUT2D eigenvalue weighted by Crippen LogP contribution is -2.56. The Morgan fingerprint density at radius 2 is 1.80 bits per heavy atom. The van der Waals surface area contributed by atoms with Crippen LogP contribution in [0.1, 0.15) is 56.4 Å². The molecule has 4 nitrogen and oxygen atoms in total. The summed E-state index contributed by atoms with van der Waals surface area (Å²) in [5.41, 5.74) is 3.08. The first-order valence-electron chi connectivity index (χ1n) is 12.6. The van der Waals surface area contributed by atoms with Gasteiger partial charge in [-0.15, -0.1) is 0 Å². The molecule has 2 heterocycles. The smallest absolute Gasteiger partial charge is 0.135 e. The molecule has 0 bridgehead atoms. The number of benzene rings is 2. The zero-order chi connectivity index (χ0) is 24.6. The average Bonchev–Trinajstić information content (AvgIpc) is 2.85. The minimum absolute atomic E-state index is 0.0310. The Bertz CT molecular complexity index is 1170. The van der Waals surface area contributed by atoms with E-state index in [4.69, 9.17) is 9.84 Å². The first kappa shape index (κ1) is 24.0. The van der Waals surface area contributed by atoms with Crippen LogP contribution in [0, 0.1) is 17.6 Å². The second-order valence-electron chi connectivity index (χ2n) is 10.3. The summed E-state index contributed by atoms with van der Waals surface area (Å²) in [6.45, 7) is 9.87. The van der Waals surface area contributed by atoms with E-state index in [-0.39, 0.29) is 34.6 Å². The average molecular weight is 478 g/mol. The summed E-state index contributed by atoms with van der Waals surface area (Å²) in [6, 6.07) is 16.3. The Morgan fingerprint density at radius 3 is 2.51 bits per heavy atom. The largest absolute Gasteiger partial charge is 0.375 e. The Labute approximate surface area is 206 Å². The molecule has 1 saturated heterocycles. The van der Waals surface area contributed by atoms with Gasteiger partial charge < -0.3 is 4.74 Å². The number of ether oxygens (including phenoxy) is 1. The van der Waals surface area contributed by atoms with Crippen LogP contribution in [-0.4, -0.2) is 40.9 Å². The predicted molar refractivity (Wildman–Crippen MR) is 133 cm³/mol. The number of aromatic nitrogens is 2. The predicted octanol–water partition coefficient (Wildman–Crippen LogP) is 6.11. The van der Waals surface area contributed by atoms with Gasteiger partial charge in [-0.2, -0.15) is 10.2 Å². The van der Waals surface area contributed by atoms with E-state index in [0.717, 1.165) is 43.7 Å². The van der Waals surface area contributed by atoms with Crippen molar-refractivity contribution < 1.29 is 13.5 Å². The number of hydrogen-bond acceptors (Lipinski definition) is 4. The molecule has 2 aromatic carbocycles. The standard InChI is InChI=1S/C29H33F2N3O/c1-19(2)29(26-18-34(14-15-35-26)17-21-8-5-4-6-9-21)13-12-20(3)22-16-25(32-33-28(22)29)27-23(30)10-7-11-24(27)31/h4-11,16,19-20,26H,12-15,17-18H2,1-3H3/t20-,26-,29-/m0/s1. The molecule has 2 aliphatic rings. The van der Waals surface area contributed by atoms with Crippen molar-refractivity contribution in [1.29, 1.82) is 0 Å². The van der Waals surface area contributed by atoms with Crippen molar-refractivity contribution in [3.63, 3.8) is 0 Å². The second kappa shape index (κ2) is 9.75. The van der Waals surface area contributed by atoms with Gasteiger partial charge in [-0.1, -0.05) is 57.2 Å². The van der Waals surface area contributed by atoms with Crippen molar-refractivity contribution >= 4 is 0 Å². The zero-order valence-electron chi connectivity index (χ0n) is 20.7. The molecule has 184 valence electrons. The molecule has 1 fully saturated rings.